The average molecular weight is 368 g/mol. The van der Waals surface area contributed by atoms with Crippen molar-refractivity contribution in [1.29, 1.82) is 0 Å². The van der Waals surface area contributed by atoms with E-state index in [1.807, 2.05) is 0 Å². The van der Waals surface area contributed by atoms with Gasteiger partial charge >= 0.3 is 0 Å². The summed E-state index contributed by atoms with van der Waals surface area (Å²) in [4.78, 5) is 12.1. The van der Waals surface area contributed by atoms with Crippen LogP contribution in [0.4, 0.5) is 0 Å². The van der Waals surface area contributed by atoms with E-state index in [4.69, 9.17) is 9.73 Å². The molecule has 0 aromatic rings. The zero-order chi connectivity index (χ0) is 18.6. The summed E-state index contributed by atoms with van der Waals surface area (Å²) in [5.41, 5.74) is 0. The molecule has 0 aromatic carbocycles. The van der Waals surface area contributed by atoms with Crippen molar-refractivity contribution in [2.75, 3.05) is 79.2 Å². The van der Waals surface area contributed by atoms with Crippen molar-refractivity contribution in [1.82, 2.24) is 20.0 Å². The molecule has 6 heteroatoms. The maximum absolute atomic E-state index is 5.75. The van der Waals surface area contributed by atoms with Gasteiger partial charge in [-0.2, -0.15) is 0 Å². The van der Waals surface area contributed by atoms with Gasteiger partial charge < -0.3 is 24.8 Å². The third kappa shape index (κ3) is 8.69. The molecule has 2 rings (SSSR count). The fraction of sp³-hybridized carbons (Fsp3) is 0.950. The maximum Gasteiger partial charge on any atom is 0.193 e. The number of aliphatic imine (C=N–C) groups is 1. The largest absolute Gasteiger partial charge is 0.379 e. The molecule has 0 unspecified atom stereocenters. The number of nitrogens with zero attached hydrogens (tertiary/aromatic N) is 4. The molecule has 0 radical (unpaired) electrons. The molecule has 1 aliphatic carbocycles. The molecule has 6 nitrogen and oxygen atoms in total. The van der Waals surface area contributed by atoms with Crippen molar-refractivity contribution in [3.05, 3.63) is 0 Å². The molecular weight excluding hydrogens is 326 g/mol. The second-order valence-electron chi connectivity index (χ2n) is 7.66. The predicted octanol–water partition coefficient (Wildman–Crippen LogP) is 1.73. The first-order chi connectivity index (χ1) is 12.7. The van der Waals surface area contributed by atoms with Gasteiger partial charge in [0.15, 0.2) is 5.96 Å². The fourth-order valence-corrected chi connectivity index (χ4v) is 3.27. The number of hydrogen-bond donors (Lipinski definition) is 1. The van der Waals surface area contributed by atoms with Gasteiger partial charge in [0.2, 0.25) is 0 Å². The smallest absolute Gasteiger partial charge is 0.193 e. The van der Waals surface area contributed by atoms with E-state index >= 15 is 0 Å². The third-order valence-electron chi connectivity index (χ3n) is 5.37. The Morgan fingerprint density at radius 1 is 1.12 bits per heavy atom. The van der Waals surface area contributed by atoms with Crippen molar-refractivity contribution in [3.8, 4) is 0 Å². The molecule has 152 valence electrons. The molecule has 2 fully saturated rings. The normalized spacial score (nSPS) is 19.7. The molecule has 2 aliphatic rings. The minimum Gasteiger partial charge on any atom is -0.379 e. The first-order valence-corrected chi connectivity index (χ1v) is 10.7. The van der Waals surface area contributed by atoms with E-state index in [9.17, 15) is 0 Å². The number of guanidine groups is 1. The van der Waals surface area contributed by atoms with Crippen molar-refractivity contribution >= 4 is 5.96 Å². The molecular formula is C20H41N5O. The summed E-state index contributed by atoms with van der Waals surface area (Å²) < 4.78 is 5.75. The lowest BCUT2D eigenvalue weighted by Crippen LogP contribution is -2.46. The second kappa shape index (κ2) is 12.5. The summed E-state index contributed by atoms with van der Waals surface area (Å²) in [5.74, 6) is 1.85. The second-order valence-corrected chi connectivity index (χ2v) is 7.66. The Morgan fingerprint density at radius 3 is 2.50 bits per heavy atom. The zero-order valence-electron chi connectivity index (χ0n) is 17.4. The third-order valence-corrected chi connectivity index (χ3v) is 5.37. The van der Waals surface area contributed by atoms with Crippen LogP contribution >= 0.6 is 0 Å². The number of piperazine rings is 1. The van der Waals surface area contributed by atoms with Crippen molar-refractivity contribution in [2.24, 2.45) is 10.9 Å². The summed E-state index contributed by atoms with van der Waals surface area (Å²) in [6.07, 6.45) is 5.11. The minimum atomic E-state index is 0.793. The van der Waals surface area contributed by atoms with E-state index in [-0.39, 0.29) is 0 Å². The van der Waals surface area contributed by atoms with Crippen molar-refractivity contribution < 1.29 is 4.74 Å². The summed E-state index contributed by atoms with van der Waals surface area (Å²) in [7, 11) is 2.11. The highest BCUT2D eigenvalue weighted by Gasteiger charge is 2.21. The van der Waals surface area contributed by atoms with E-state index in [2.05, 4.69) is 40.9 Å². The van der Waals surface area contributed by atoms with Crippen LogP contribution in [0.3, 0.4) is 0 Å². The molecule has 0 spiro atoms. The molecule has 26 heavy (non-hydrogen) atoms. The number of unbranched alkanes of at least 4 members (excludes halogenated alkanes) is 1. The molecule has 0 aromatic heterocycles. The molecule has 1 N–H and O–H groups in total. The van der Waals surface area contributed by atoms with Crippen LogP contribution in [0.25, 0.3) is 0 Å². The fourth-order valence-electron chi connectivity index (χ4n) is 3.27. The van der Waals surface area contributed by atoms with Crippen LogP contribution in [0.1, 0.15) is 39.5 Å². The number of ether oxygens (including phenoxy) is 1. The van der Waals surface area contributed by atoms with Crippen LogP contribution in [0, 0.1) is 5.92 Å². The van der Waals surface area contributed by atoms with Crippen LogP contribution in [0.2, 0.25) is 0 Å². The van der Waals surface area contributed by atoms with Crippen LogP contribution < -0.4 is 5.32 Å². The summed E-state index contributed by atoms with van der Waals surface area (Å²) >= 11 is 0. The quantitative estimate of drug-likeness (QED) is 0.323. The number of hydrogen-bond acceptors (Lipinski definition) is 4. The molecule has 1 aliphatic heterocycles. The molecule has 0 amide bonds. The van der Waals surface area contributed by atoms with Gasteiger partial charge in [0.05, 0.1) is 6.61 Å². The zero-order valence-corrected chi connectivity index (χ0v) is 17.4. The van der Waals surface area contributed by atoms with Gasteiger partial charge in [-0.05, 0) is 51.6 Å². The van der Waals surface area contributed by atoms with Crippen LogP contribution in [0.5, 0.6) is 0 Å². The van der Waals surface area contributed by atoms with Gasteiger partial charge in [0, 0.05) is 59.5 Å². The topological polar surface area (TPSA) is 43.3 Å². The Labute approximate surface area is 160 Å². The first-order valence-electron chi connectivity index (χ1n) is 10.7. The Kier molecular flexibility index (Phi) is 10.3. The van der Waals surface area contributed by atoms with E-state index in [1.54, 1.807) is 0 Å². The number of nitrogens with one attached hydrogen (secondary N) is 1. The monoisotopic (exact) mass is 367 g/mol. The summed E-state index contributed by atoms with van der Waals surface area (Å²) in [6.45, 7) is 16.2. The Bertz CT molecular complexity index is 392. The van der Waals surface area contributed by atoms with Crippen LogP contribution in [0.15, 0.2) is 4.99 Å². The number of likely N-dealkylation sites (N-methyl/N-ethyl adjacent to an activating group) is 2. The maximum atomic E-state index is 5.75. The molecule has 0 atom stereocenters. The Hall–Kier alpha value is -0.850. The van der Waals surface area contributed by atoms with Gasteiger partial charge in [-0.25, -0.2) is 0 Å². The molecule has 0 bridgehead atoms. The Balaban J connectivity index is 1.56. The van der Waals surface area contributed by atoms with E-state index < -0.39 is 0 Å². The summed E-state index contributed by atoms with van der Waals surface area (Å²) in [5, 5.41) is 3.40. The van der Waals surface area contributed by atoms with Gasteiger partial charge in [0.25, 0.3) is 0 Å². The highest BCUT2D eigenvalue weighted by Crippen LogP contribution is 2.28. The molecule has 1 saturated heterocycles. The van der Waals surface area contributed by atoms with Crippen molar-refractivity contribution in [2.45, 2.75) is 39.5 Å². The van der Waals surface area contributed by atoms with Crippen molar-refractivity contribution in [3.63, 3.8) is 0 Å². The van der Waals surface area contributed by atoms with Gasteiger partial charge in [-0.1, -0.05) is 6.92 Å². The predicted molar refractivity (Wildman–Crippen MR) is 110 cm³/mol. The van der Waals surface area contributed by atoms with Crippen LogP contribution in [-0.4, -0.2) is 99.8 Å². The van der Waals surface area contributed by atoms with Gasteiger partial charge in [0.1, 0.15) is 0 Å². The lowest BCUT2D eigenvalue weighted by atomic mass is 10.2. The highest BCUT2D eigenvalue weighted by molar-refractivity contribution is 5.79. The average Bonchev–Trinajstić information content (AvgIpc) is 3.49. The lowest BCUT2D eigenvalue weighted by molar-refractivity contribution is 0.115. The highest BCUT2D eigenvalue weighted by atomic mass is 16.5. The lowest BCUT2D eigenvalue weighted by Gasteiger charge is -2.33. The minimum absolute atomic E-state index is 0.793. The molecule has 1 saturated carbocycles. The standard InChI is InChI=1S/C20H41N5O/c1-4-21-20(23(3)16-17-26-18-19-8-9-19)22-10-6-7-11-25-14-12-24(5-2)13-15-25/h19H,4-18H2,1-3H3,(H,21,22). The molecule has 1 heterocycles. The van der Waals surface area contributed by atoms with E-state index in [0.29, 0.717) is 0 Å². The Morgan fingerprint density at radius 2 is 1.85 bits per heavy atom. The van der Waals surface area contributed by atoms with Gasteiger partial charge in [-0.15, -0.1) is 0 Å². The van der Waals surface area contributed by atoms with E-state index in [1.165, 1.54) is 58.5 Å². The SMILES string of the molecule is CCNC(=NCCCCN1CCN(CC)CC1)N(C)CCOCC1CC1. The summed E-state index contributed by atoms with van der Waals surface area (Å²) in [6, 6.07) is 0. The first kappa shape index (κ1) is 21.5. The van der Waals surface area contributed by atoms with Gasteiger partial charge in [-0.3, -0.25) is 4.99 Å². The number of rotatable bonds is 12. The van der Waals surface area contributed by atoms with E-state index in [0.717, 1.165) is 51.1 Å². The van der Waals surface area contributed by atoms with Crippen LogP contribution in [-0.2, 0) is 4.74 Å².